The normalized spacial score (nSPS) is 45.5. The molecular formula is C15H27NO11. The largest absolute Gasteiger partial charge is 0.394 e. The molecule has 10 atom stereocenters. The van der Waals surface area contributed by atoms with Gasteiger partial charge >= 0.3 is 0 Å². The summed E-state index contributed by atoms with van der Waals surface area (Å²) in [4.78, 5) is 11.5. The van der Waals surface area contributed by atoms with E-state index < -0.39 is 80.5 Å². The standard InChI is InChI=1S/C15H27NO11/c1-5(19)16-8-9(20)12(24-2)6(3-17)26-15(8)27-13-7(4-18)25-14(23)11(22)10(13)21/h6-15,17-18,20-23H,3-4H2,1-2H3,(H,16,19)/t6-,7-,8-,9-,10-,11-,12+,13+,14-,15+/m1/s1. The molecule has 2 aliphatic rings. The van der Waals surface area contributed by atoms with Gasteiger partial charge in [0.25, 0.3) is 0 Å². The van der Waals surface area contributed by atoms with Crippen molar-refractivity contribution in [3.05, 3.63) is 0 Å². The van der Waals surface area contributed by atoms with Gasteiger partial charge in [-0.1, -0.05) is 0 Å². The molecule has 0 spiro atoms. The summed E-state index contributed by atoms with van der Waals surface area (Å²) in [6.07, 6.45) is -12.4. The van der Waals surface area contributed by atoms with Crippen LogP contribution in [0.3, 0.4) is 0 Å². The van der Waals surface area contributed by atoms with Gasteiger partial charge in [0, 0.05) is 14.0 Å². The average Bonchev–Trinajstić information content (AvgIpc) is 2.63. The van der Waals surface area contributed by atoms with Gasteiger partial charge in [-0.2, -0.15) is 0 Å². The zero-order valence-electron chi connectivity index (χ0n) is 14.9. The third kappa shape index (κ3) is 4.74. The fourth-order valence-corrected chi connectivity index (χ4v) is 3.25. The average molecular weight is 397 g/mol. The molecule has 1 amide bonds. The summed E-state index contributed by atoms with van der Waals surface area (Å²) in [5, 5.41) is 61.4. The van der Waals surface area contributed by atoms with E-state index in [4.69, 9.17) is 18.9 Å². The van der Waals surface area contributed by atoms with Crippen LogP contribution in [-0.2, 0) is 23.7 Å². The first-order chi connectivity index (χ1) is 12.7. The summed E-state index contributed by atoms with van der Waals surface area (Å²) in [6.45, 7) is 0.0192. The van der Waals surface area contributed by atoms with Crippen molar-refractivity contribution >= 4 is 5.91 Å². The van der Waals surface area contributed by atoms with E-state index in [0.29, 0.717) is 0 Å². The Kier molecular flexibility index (Phi) is 7.88. The summed E-state index contributed by atoms with van der Waals surface area (Å²) >= 11 is 0. The Labute approximate surface area is 155 Å². The Hall–Kier alpha value is -0.930. The molecule has 2 aliphatic heterocycles. The van der Waals surface area contributed by atoms with Crippen LogP contribution in [0.25, 0.3) is 0 Å². The second-order valence-electron chi connectivity index (χ2n) is 6.47. The third-order valence-electron chi connectivity index (χ3n) is 4.63. The molecule has 7 N–H and O–H groups in total. The zero-order valence-corrected chi connectivity index (χ0v) is 14.9. The van der Waals surface area contributed by atoms with Crippen LogP contribution in [0.1, 0.15) is 6.92 Å². The fourth-order valence-electron chi connectivity index (χ4n) is 3.25. The molecule has 2 saturated heterocycles. The first-order valence-corrected chi connectivity index (χ1v) is 8.45. The summed E-state index contributed by atoms with van der Waals surface area (Å²) in [5.74, 6) is -0.511. The van der Waals surface area contributed by atoms with Crippen molar-refractivity contribution in [2.75, 3.05) is 20.3 Å². The first-order valence-electron chi connectivity index (χ1n) is 8.45. The van der Waals surface area contributed by atoms with Gasteiger partial charge < -0.3 is 54.9 Å². The molecule has 2 heterocycles. The molecule has 2 fully saturated rings. The topological polar surface area (TPSA) is 187 Å². The molecule has 12 nitrogen and oxygen atoms in total. The van der Waals surface area contributed by atoms with E-state index in [1.807, 2.05) is 0 Å². The summed E-state index contributed by atoms with van der Waals surface area (Å²) in [6, 6.07) is -1.15. The highest BCUT2D eigenvalue weighted by Gasteiger charge is 2.51. The second-order valence-corrected chi connectivity index (χ2v) is 6.47. The Morgan fingerprint density at radius 3 is 2.07 bits per heavy atom. The number of hydrogen-bond acceptors (Lipinski definition) is 11. The van der Waals surface area contributed by atoms with Crippen LogP contribution in [0.15, 0.2) is 0 Å². The molecule has 0 radical (unpaired) electrons. The lowest BCUT2D eigenvalue weighted by Crippen LogP contribution is -2.67. The van der Waals surface area contributed by atoms with E-state index in [2.05, 4.69) is 5.32 Å². The van der Waals surface area contributed by atoms with Crippen LogP contribution >= 0.6 is 0 Å². The maximum absolute atomic E-state index is 11.5. The summed E-state index contributed by atoms with van der Waals surface area (Å²) < 4.78 is 21.3. The van der Waals surface area contributed by atoms with Crippen molar-refractivity contribution in [3.63, 3.8) is 0 Å². The number of nitrogens with one attached hydrogen (secondary N) is 1. The highest BCUT2D eigenvalue weighted by molar-refractivity contribution is 5.73. The Balaban J connectivity index is 2.24. The Morgan fingerprint density at radius 2 is 1.56 bits per heavy atom. The molecule has 0 saturated carbocycles. The Bertz CT molecular complexity index is 492. The minimum atomic E-state index is -1.73. The van der Waals surface area contributed by atoms with Crippen LogP contribution < -0.4 is 5.32 Å². The highest BCUT2D eigenvalue weighted by Crippen LogP contribution is 2.29. The van der Waals surface area contributed by atoms with E-state index in [1.54, 1.807) is 0 Å². The lowest BCUT2D eigenvalue weighted by Gasteiger charge is -2.47. The van der Waals surface area contributed by atoms with E-state index >= 15 is 0 Å². The van der Waals surface area contributed by atoms with E-state index in [9.17, 15) is 35.4 Å². The van der Waals surface area contributed by atoms with Gasteiger partial charge in [0.15, 0.2) is 12.6 Å². The predicted molar refractivity (Wildman–Crippen MR) is 85.0 cm³/mol. The maximum Gasteiger partial charge on any atom is 0.217 e. The van der Waals surface area contributed by atoms with Crippen molar-refractivity contribution in [1.82, 2.24) is 5.32 Å². The molecule has 27 heavy (non-hydrogen) atoms. The van der Waals surface area contributed by atoms with E-state index in [-0.39, 0.29) is 0 Å². The smallest absolute Gasteiger partial charge is 0.217 e. The molecule has 0 aromatic carbocycles. The van der Waals surface area contributed by atoms with Gasteiger partial charge in [0.05, 0.1) is 13.2 Å². The minimum Gasteiger partial charge on any atom is -0.394 e. The van der Waals surface area contributed by atoms with E-state index in [1.165, 1.54) is 14.0 Å². The number of hydrogen-bond donors (Lipinski definition) is 7. The van der Waals surface area contributed by atoms with Crippen LogP contribution in [-0.4, -0.2) is 118 Å². The van der Waals surface area contributed by atoms with Crippen molar-refractivity contribution in [1.29, 1.82) is 0 Å². The van der Waals surface area contributed by atoms with Gasteiger partial charge in [0.1, 0.15) is 48.8 Å². The number of methoxy groups -OCH3 is 1. The maximum atomic E-state index is 11.5. The molecule has 2 rings (SSSR count). The number of amides is 1. The quantitative estimate of drug-likeness (QED) is 0.228. The SMILES string of the molecule is CO[C@@H]1[C@H](O)[C@@H](NC(C)=O)[C@H](O[C@@H]2[C@H](O)[C@@H](O)[C@H](O)O[C@@H]2CO)O[C@@H]1CO. The van der Waals surface area contributed by atoms with Gasteiger partial charge in [-0.15, -0.1) is 0 Å². The third-order valence-corrected chi connectivity index (χ3v) is 4.63. The van der Waals surface area contributed by atoms with Gasteiger partial charge in [0.2, 0.25) is 5.91 Å². The van der Waals surface area contributed by atoms with Crippen molar-refractivity contribution in [2.24, 2.45) is 0 Å². The van der Waals surface area contributed by atoms with Crippen LogP contribution in [0, 0.1) is 0 Å². The van der Waals surface area contributed by atoms with Gasteiger partial charge in [-0.25, -0.2) is 0 Å². The second kappa shape index (κ2) is 9.52. The summed E-state index contributed by atoms with van der Waals surface area (Å²) in [7, 11) is 1.30. The highest BCUT2D eigenvalue weighted by atomic mass is 16.7. The number of carbonyl (C=O) groups excluding carboxylic acids is 1. The monoisotopic (exact) mass is 397 g/mol. The number of aliphatic hydroxyl groups is 6. The van der Waals surface area contributed by atoms with Gasteiger partial charge in [-0.05, 0) is 0 Å². The van der Waals surface area contributed by atoms with Crippen LogP contribution in [0.4, 0.5) is 0 Å². The predicted octanol–water partition coefficient (Wildman–Crippen LogP) is -4.60. The zero-order chi connectivity index (χ0) is 20.3. The summed E-state index contributed by atoms with van der Waals surface area (Å²) in [5.41, 5.74) is 0. The number of aliphatic hydroxyl groups excluding tert-OH is 6. The molecule has 12 heteroatoms. The van der Waals surface area contributed by atoms with E-state index in [0.717, 1.165) is 0 Å². The first kappa shape index (κ1) is 22.4. The molecular weight excluding hydrogens is 370 g/mol. The van der Waals surface area contributed by atoms with Crippen molar-refractivity contribution in [2.45, 2.75) is 68.3 Å². The minimum absolute atomic E-state index is 0.511. The van der Waals surface area contributed by atoms with Crippen LogP contribution in [0.2, 0.25) is 0 Å². The van der Waals surface area contributed by atoms with Gasteiger partial charge in [-0.3, -0.25) is 4.79 Å². The number of rotatable bonds is 6. The van der Waals surface area contributed by atoms with Crippen molar-refractivity contribution < 1.29 is 54.4 Å². The molecule has 158 valence electrons. The Morgan fingerprint density at radius 1 is 0.963 bits per heavy atom. The molecule has 0 bridgehead atoms. The lowest BCUT2D eigenvalue weighted by atomic mass is 9.95. The lowest BCUT2D eigenvalue weighted by molar-refractivity contribution is -0.342. The fraction of sp³-hybridized carbons (Fsp3) is 0.933. The molecule has 0 unspecified atom stereocenters. The van der Waals surface area contributed by atoms with Crippen molar-refractivity contribution in [3.8, 4) is 0 Å². The molecule has 0 aromatic heterocycles. The molecule has 0 aromatic rings. The molecule has 0 aliphatic carbocycles. The number of carbonyl (C=O) groups is 1. The van der Waals surface area contributed by atoms with Crippen LogP contribution in [0.5, 0.6) is 0 Å². The number of ether oxygens (including phenoxy) is 4.